The Balaban J connectivity index is 1.73. The van der Waals surface area contributed by atoms with E-state index in [4.69, 9.17) is 12.2 Å². The highest BCUT2D eigenvalue weighted by molar-refractivity contribution is 7.80. The molecule has 0 spiro atoms. The summed E-state index contributed by atoms with van der Waals surface area (Å²) in [4.78, 5) is 14.8. The van der Waals surface area contributed by atoms with Crippen LogP contribution in [0.2, 0.25) is 0 Å². The van der Waals surface area contributed by atoms with Crippen LogP contribution in [-0.4, -0.2) is 20.8 Å². The van der Waals surface area contributed by atoms with E-state index < -0.39 is 6.04 Å². The highest BCUT2D eigenvalue weighted by Gasteiger charge is 2.40. The molecule has 3 aromatic rings. The summed E-state index contributed by atoms with van der Waals surface area (Å²) >= 11 is 5.46. The van der Waals surface area contributed by atoms with Gasteiger partial charge in [-0.1, -0.05) is 35.9 Å². The second kappa shape index (κ2) is 6.63. The third-order valence-corrected chi connectivity index (χ3v) is 5.17. The lowest BCUT2D eigenvalue weighted by Gasteiger charge is -2.15. The van der Waals surface area contributed by atoms with Gasteiger partial charge in [-0.05, 0) is 57.3 Å². The largest absolute Gasteiger partial charge is 0.346 e. The number of carbonyl (C=O) groups excluding carboxylic acids is 1. The molecule has 2 heterocycles. The second-order valence-corrected chi connectivity index (χ2v) is 7.11. The number of rotatable bonds is 3. The first kappa shape index (κ1) is 17.4. The van der Waals surface area contributed by atoms with Gasteiger partial charge in [0.2, 0.25) is 0 Å². The van der Waals surface area contributed by atoms with Gasteiger partial charge in [0.25, 0.3) is 5.91 Å². The first-order valence-electron chi connectivity index (χ1n) is 8.80. The summed E-state index contributed by atoms with van der Waals surface area (Å²) < 4.78 is 1.87. The summed E-state index contributed by atoms with van der Waals surface area (Å²) in [5.41, 5.74) is 5.50. The molecule has 1 atom stereocenters. The minimum absolute atomic E-state index is 0.0809. The van der Waals surface area contributed by atoms with Crippen molar-refractivity contribution >= 4 is 28.9 Å². The molecule has 1 aliphatic heterocycles. The Morgan fingerprint density at radius 1 is 0.963 bits per heavy atom. The number of aryl methyl sites for hydroxylation is 2. The summed E-state index contributed by atoms with van der Waals surface area (Å²) in [7, 11) is 0. The third-order valence-electron chi connectivity index (χ3n) is 4.87. The minimum atomic E-state index is -0.531. The van der Waals surface area contributed by atoms with E-state index in [0.29, 0.717) is 5.11 Å². The molecule has 2 aromatic carbocycles. The van der Waals surface area contributed by atoms with Gasteiger partial charge in [-0.15, -0.1) is 0 Å². The van der Waals surface area contributed by atoms with Crippen LogP contribution in [0, 0.1) is 20.8 Å². The van der Waals surface area contributed by atoms with Crippen LogP contribution in [0.15, 0.2) is 54.6 Å². The predicted octanol–water partition coefficient (Wildman–Crippen LogP) is 3.76. The van der Waals surface area contributed by atoms with Crippen molar-refractivity contribution in [2.45, 2.75) is 26.8 Å². The molecule has 0 aliphatic carbocycles. The van der Waals surface area contributed by atoms with E-state index in [-0.39, 0.29) is 5.91 Å². The number of hydrogen-bond donors (Lipinski definition) is 1. The van der Waals surface area contributed by atoms with Crippen molar-refractivity contribution in [1.82, 2.24) is 15.1 Å². The van der Waals surface area contributed by atoms with Gasteiger partial charge in [0, 0.05) is 11.3 Å². The first-order valence-corrected chi connectivity index (χ1v) is 9.21. The second-order valence-electron chi connectivity index (χ2n) is 6.72. The molecule has 1 aliphatic rings. The van der Waals surface area contributed by atoms with Crippen LogP contribution in [0.5, 0.6) is 0 Å². The molecule has 6 heteroatoms. The Hall–Kier alpha value is -2.99. The maximum Gasteiger partial charge on any atom is 0.260 e. The number of anilines is 1. The number of thiocarbonyl (C=S) groups is 1. The van der Waals surface area contributed by atoms with E-state index in [9.17, 15) is 4.79 Å². The molecule has 1 N–H and O–H groups in total. The Morgan fingerprint density at radius 3 is 2.30 bits per heavy atom. The van der Waals surface area contributed by atoms with Crippen LogP contribution in [0.25, 0.3) is 5.69 Å². The molecule has 4 rings (SSSR count). The lowest BCUT2D eigenvalue weighted by atomic mass is 10.0. The van der Waals surface area contributed by atoms with Gasteiger partial charge in [-0.2, -0.15) is 5.10 Å². The van der Waals surface area contributed by atoms with Crippen molar-refractivity contribution in [1.29, 1.82) is 0 Å². The SMILES string of the molecule is Cc1ccc(N2C(=O)[C@H](c3c(C)nn(-c4ccccc4)c3C)NC2=S)cc1. The standard InChI is InChI=1S/C21H20N4OS/c1-13-9-11-16(12-10-13)24-20(26)19(22-21(24)27)18-14(2)23-25(15(18)3)17-7-5-4-6-8-17/h4-12,19H,1-3H3,(H,22,27)/t19-/m0/s1. The van der Waals surface area contributed by atoms with E-state index in [0.717, 1.165) is 33.9 Å². The van der Waals surface area contributed by atoms with Gasteiger partial charge < -0.3 is 5.32 Å². The molecule has 0 saturated carbocycles. The third kappa shape index (κ3) is 2.92. The number of nitrogens with zero attached hydrogens (tertiary/aromatic N) is 3. The monoisotopic (exact) mass is 376 g/mol. The van der Waals surface area contributed by atoms with Gasteiger partial charge in [-0.3, -0.25) is 9.69 Å². The smallest absolute Gasteiger partial charge is 0.260 e. The summed E-state index contributed by atoms with van der Waals surface area (Å²) in [6.07, 6.45) is 0. The topological polar surface area (TPSA) is 50.2 Å². The van der Waals surface area contributed by atoms with Crippen molar-refractivity contribution in [3.63, 3.8) is 0 Å². The Labute approximate surface area is 163 Å². The average molecular weight is 376 g/mol. The molecular formula is C21H20N4OS. The molecule has 5 nitrogen and oxygen atoms in total. The lowest BCUT2D eigenvalue weighted by molar-refractivity contribution is -0.118. The fourth-order valence-electron chi connectivity index (χ4n) is 3.51. The molecule has 27 heavy (non-hydrogen) atoms. The highest BCUT2D eigenvalue weighted by atomic mass is 32.1. The first-order chi connectivity index (χ1) is 13.0. The normalized spacial score (nSPS) is 16.7. The maximum absolute atomic E-state index is 13.2. The van der Waals surface area contributed by atoms with Crippen LogP contribution < -0.4 is 10.2 Å². The van der Waals surface area contributed by atoms with Crippen molar-refractivity contribution in [2.75, 3.05) is 4.90 Å². The Bertz CT molecular complexity index is 1020. The van der Waals surface area contributed by atoms with Crippen LogP contribution in [0.4, 0.5) is 5.69 Å². The zero-order valence-corrected chi connectivity index (χ0v) is 16.2. The molecule has 136 valence electrons. The van der Waals surface area contributed by atoms with Crippen molar-refractivity contribution in [2.24, 2.45) is 0 Å². The van der Waals surface area contributed by atoms with E-state index in [2.05, 4.69) is 10.4 Å². The number of nitrogens with one attached hydrogen (secondary N) is 1. The van der Waals surface area contributed by atoms with Gasteiger partial charge >= 0.3 is 0 Å². The lowest BCUT2D eigenvalue weighted by Crippen LogP contribution is -2.30. The van der Waals surface area contributed by atoms with Crippen LogP contribution in [0.1, 0.15) is 28.6 Å². The van der Waals surface area contributed by atoms with E-state index in [1.807, 2.05) is 80.1 Å². The fraction of sp³-hybridized carbons (Fsp3) is 0.190. The summed E-state index contributed by atoms with van der Waals surface area (Å²) in [5.74, 6) is -0.0809. The molecule has 1 aromatic heterocycles. The van der Waals surface area contributed by atoms with Crippen molar-refractivity contribution in [3.8, 4) is 5.69 Å². The molecule has 0 radical (unpaired) electrons. The molecule has 1 saturated heterocycles. The predicted molar refractivity (Wildman–Crippen MR) is 110 cm³/mol. The Kier molecular flexibility index (Phi) is 4.28. The van der Waals surface area contributed by atoms with Crippen molar-refractivity contribution in [3.05, 3.63) is 77.1 Å². The maximum atomic E-state index is 13.2. The fourth-order valence-corrected chi connectivity index (χ4v) is 3.82. The molecule has 1 amide bonds. The van der Waals surface area contributed by atoms with Gasteiger partial charge in [0.1, 0.15) is 6.04 Å². The van der Waals surface area contributed by atoms with E-state index >= 15 is 0 Å². The minimum Gasteiger partial charge on any atom is -0.346 e. The zero-order valence-electron chi connectivity index (χ0n) is 15.4. The molecular weight excluding hydrogens is 356 g/mol. The van der Waals surface area contributed by atoms with Gasteiger partial charge in [0.05, 0.1) is 17.1 Å². The highest BCUT2D eigenvalue weighted by Crippen LogP contribution is 2.31. The quantitative estimate of drug-likeness (QED) is 0.707. The summed E-state index contributed by atoms with van der Waals surface area (Å²) in [6, 6.07) is 17.1. The average Bonchev–Trinajstić information content (AvgIpc) is 3.12. The van der Waals surface area contributed by atoms with Crippen LogP contribution in [0.3, 0.4) is 0 Å². The molecule has 0 bridgehead atoms. The van der Waals surface area contributed by atoms with Crippen molar-refractivity contribution < 1.29 is 4.79 Å². The number of benzene rings is 2. The number of amides is 1. The van der Waals surface area contributed by atoms with Gasteiger partial charge in [0.15, 0.2) is 5.11 Å². The number of carbonyl (C=O) groups is 1. The summed E-state index contributed by atoms with van der Waals surface area (Å²) in [6.45, 7) is 5.92. The summed E-state index contributed by atoms with van der Waals surface area (Å²) in [5, 5.41) is 8.26. The van der Waals surface area contributed by atoms with Crippen LogP contribution in [-0.2, 0) is 4.79 Å². The molecule has 1 fully saturated rings. The zero-order chi connectivity index (χ0) is 19.1. The molecule has 0 unspecified atom stereocenters. The number of aromatic nitrogens is 2. The van der Waals surface area contributed by atoms with Gasteiger partial charge in [-0.25, -0.2) is 4.68 Å². The number of para-hydroxylation sites is 1. The van der Waals surface area contributed by atoms with Crippen LogP contribution >= 0.6 is 12.2 Å². The Morgan fingerprint density at radius 2 is 1.63 bits per heavy atom. The number of hydrogen-bond acceptors (Lipinski definition) is 3. The van der Waals surface area contributed by atoms with E-state index in [1.54, 1.807) is 4.90 Å². The van der Waals surface area contributed by atoms with E-state index in [1.165, 1.54) is 0 Å².